The fraction of sp³-hybridized carbons (Fsp3) is 0.0714. The predicted molar refractivity (Wildman–Crippen MR) is 141 cm³/mol. The normalized spacial score (nSPS) is 11.0. The second-order valence-corrected chi connectivity index (χ2v) is 9.02. The third-order valence-electron chi connectivity index (χ3n) is 5.73. The lowest BCUT2D eigenvalue weighted by Crippen LogP contribution is -2.14. The lowest BCUT2D eigenvalue weighted by atomic mass is 10.0. The molecule has 0 atom stereocenters. The standard InChI is InChI=1S/C28H20Cl2N2O4/c1-35-25-9-8-19-10-21(7-6-20(19)13-25)27-15-26(22-11-23(29)14-24(30)12-22)31-32(27)36-16-17-2-4-18(5-3-17)28(33)34/h2-15H,16H2,1H3,(H,33,34). The summed E-state index contributed by atoms with van der Waals surface area (Å²) in [4.78, 5) is 18.7. The molecule has 1 N–H and O–H groups in total. The number of aromatic nitrogens is 2. The third-order valence-corrected chi connectivity index (χ3v) is 6.17. The van der Waals surface area contributed by atoms with Crippen molar-refractivity contribution in [3.63, 3.8) is 0 Å². The molecule has 180 valence electrons. The number of nitrogens with zero attached hydrogens (tertiary/aromatic N) is 2. The number of carboxylic acids is 1. The smallest absolute Gasteiger partial charge is 0.335 e. The van der Waals surface area contributed by atoms with Crippen LogP contribution in [0.15, 0.2) is 84.9 Å². The third kappa shape index (κ3) is 5.00. The average molecular weight is 519 g/mol. The molecule has 6 nitrogen and oxygen atoms in total. The van der Waals surface area contributed by atoms with Crippen LogP contribution in [-0.4, -0.2) is 28.1 Å². The molecule has 36 heavy (non-hydrogen) atoms. The Morgan fingerprint density at radius 1 is 0.861 bits per heavy atom. The summed E-state index contributed by atoms with van der Waals surface area (Å²) in [5, 5.41) is 16.9. The number of methoxy groups -OCH3 is 1. The van der Waals surface area contributed by atoms with E-state index in [4.69, 9.17) is 37.9 Å². The second kappa shape index (κ2) is 9.93. The zero-order chi connectivity index (χ0) is 25.2. The maximum atomic E-state index is 11.1. The van der Waals surface area contributed by atoms with Crippen molar-refractivity contribution in [1.82, 2.24) is 9.94 Å². The lowest BCUT2D eigenvalue weighted by Gasteiger charge is -2.10. The van der Waals surface area contributed by atoms with Gasteiger partial charge in [0, 0.05) is 21.2 Å². The van der Waals surface area contributed by atoms with Gasteiger partial charge in [0.2, 0.25) is 0 Å². The van der Waals surface area contributed by atoms with Crippen molar-refractivity contribution in [3.05, 3.63) is 106 Å². The first-order valence-electron chi connectivity index (χ1n) is 11.0. The first-order chi connectivity index (χ1) is 17.4. The number of aromatic carboxylic acids is 1. The van der Waals surface area contributed by atoms with Crippen molar-refractivity contribution in [3.8, 4) is 28.3 Å². The van der Waals surface area contributed by atoms with Gasteiger partial charge >= 0.3 is 5.97 Å². The molecular formula is C28H20Cl2N2O4. The van der Waals surface area contributed by atoms with E-state index in [0.717, 1.165) is 38.9 Å². The molecule has 0 saturated heterocycles. The van der Waals surface area contributed by atoms with Crippen molar-refractivity contribution < 1.29 is 19.5 Å². The Labute approximate surface area is 217 Å². The minimum absolute atomic E-state index is 0.190. The second-order valence-electron chi connectivity index (χ2n) is 8.15. The molecule has 5 rings (SSSR count). The van der Waals surface area contributed by atoms with Crippen LogP contribution in [0.25, 0.3) is 33.3 Å². The molecule has 0 aliphatic rings. The SMILES string of the molecule is COc1ccc2cc(-c3cc(-c4cc(Cl)cc(Cl)c4)nn3OCc3ccc(C(=O)O)cc3)ccc2c1. The Kier molecular flexibility index (Phi) is 6.55. The first kappa shape index (κ1) is 23.7. The first-order valence-corrected chi connectivity index (χ1v) is 11.8. The molecule has 8 heteroatoms. The van der Waals surface area contributed by atoms with Gasteiger partial charge in [-0.25, -0.2) is 4.79 Å². The highest BCUT2D eigenvalue weighted by molar-refractivity contribution is 6.35. The molecule has 0 unspecified atom stereocenters. The molecule has 4 aromatic carbocycles. The Balaban J connectivity index is 1.53. The van der Waals surface area contributed by atoms with E-state index in [0.29, 0.717) is 15.7 Å². The summed E-state index contributed by atoms with van der Waals surface area (Å²) in [6.07, 6.45) is 0. The van der Waals surface area contributed by atoms with Crippen LogP contribution >= 0.6 is 23.2 Å². The highest BCUT2D eigenvalue weighted by Crippen LogP contribution is 2.32. The highest BCUT2D eigenvalue weighted by atomic mass is 35.5. The number of rotatable bonds is 7. The summed E-state index contributed by atoms with van der Waals surface area (Å²) in [6.45, 7) is 0.190. The maximum Gasteiger partial charge on any atom is 0.335 e. The van der Waals surface area contributed by atoms with Crippen molar-refractivity contribution in [2.45, 2.75) is 6.61 Å². The largest absolute Gasteiger partial charge is 0.497 e. The molecule has 0 bridgehead atoms. The molecule has 0 amide bonds. The van der Waals surface area contributed by atoms with Gasteiger partial charge in [0.05, 0.1) is 18.4 Å². The van der Waals surface area contributed by atoms with Crippen LogP contribution in [0.2, 0.25) is 10.0 Å². The molecule has 0 saturated carbocycles. The molecule has 1 heterocycles. The van der Waals surface area contributed by atoms with E-state index < -0.39 is 5.97 Å². The molecular weight excluding hydrogens is 499 g/mol. The summed E-state index contributed by atoms with van der Waals surface area (Å²) in [5.74, 6) is -0.187. The number of hydrogen-bond donors (Lipinski definition) is 1. The van der Waals surface area contributed by atoms with Crippen molar-refractivity contribution in [2.75, 3.05) is 7.11 Å². The van der Waals surface area contributed by atoms with Crippen LogP contribution < -0.4 is 9.57 Å². The van der Waals surface area contributed by atoms with Crippen molar-refractivity contribution in [1.29, 1.82) is 0 Å². The number of ether oxygens (including phenoxy) is 1. The maximum absolute atomic E-state index is 11.1. The Hall–Kier alpha value is -4.00. The van der Waals surface area contributed by atoms with Gasteiger partial charge in [-0.05, 0) is 70.9 Å². The summed E-state index contributed by atoms with van der Waals surface area (Å²) >= 11 is 12.5. The number of fused-ring (bicyclic) bond motifs is 1. The van der Waals surface area contributed by atoms with Gasteiger partial charge in [-0.2, -0.15) is 0 Å². The van der Waals surface area contributed by atoms with Gasteiger partial charge in [0.15, 0.2) is 0 Å². The van der Waals surface area contributed by atoms with Gasteiger partial charge < -0.3 is 14.7 Å². The Morgan fingerprint density at radius 3 is 2.25 bits per heavy atom. The summed E-state index contributed by atoms with van der Waals surface area (Å²) < 4.78 is 5.33. The van der Waals surface area contributed by atoms with E-state index >= 15 is 0 Å². The molecule has 0 spiro atoms. The van der Waals surface area contributed by atoms with E-state index in [-0.39, 0.29) is 12.2 Å². The van der Waals surface area contributed by atoms with Crippen LogP contribution in [0.5, 0.6) is 5.75 Å². The fourth-order valence-corrected chi connectivity index (χ4v) is 4.42. The molecule has 5 aromatic rings. The Bertz CT molecular complexity index is 1560. The van der Waals surface area contributed by atoms with Crippen molar-refractivity contribution >= 4 is 39.9 Å². The van der Waals surface area contributed by atoms with E-state index in [1.165, 1.54) is 4.85 Å². The van der Waals surface area contributed by atoms with Crippen LogP contribution in [-0.2, 0) is 6.61 Å². The van der Waals surface area contributed by atoms with Crippen molar-refractivity contribution in [2.24, 2.45) is 0 Å². The average Bonchev–Trinajstić information content (AvgIpc) is 3.31. The van der Waals surface area contributed by atoms with Gasteiger partial charge in [-0.15, -0.1) is 5.10 Å². The van der Waals surface area contributed by atoms with Crippen LogP contribution in [0.4, 0.5) is 0 Å². The van der Waals surface area contributed by atoms with E-state index in [2.05, 4.69) is 11.2 Å². The topological polar surface area (TPSA) is 73.6 Å². The molecule has 0 aliphatic heterocycles. The lowest BCUT2D eigenvalue weighted by molar-refractivity contribution is 0.0694. The van der Waals surface area contributed by atoms with Gasteiger partial charge in [0.25, 0.3) is 0 Å². The monoisotopic (exact) mass is 518 g/mol. The minimum Gasteiger partial charge on any atom is -0.497 e. The molecule has 1 aromatic heterocycles. The van der Waals surface area contributed by atoms with Gasteiger partial charge in [-0.1, -0.05) is 58.4 Å². The number of carboxylic acid groups (broad SMARTS) is 1. The van der Waals surface area contributed by atoms with Crippen LogP contribution in [0.1, 0.15) is 15.9 Å². The predicted octanol–water partition coefficient (Wildman–Crippen LogP) is 7.01. The quantitative estimate of drug-likeness (QED) is 0.250. The molecule has 0 aliphatic carbocycles. The van der Waals surface area contributed by atoms with E-state index in [1.807, 2.05) is 36.4 Å². The summed E-state index contributed by atoms with van der Waals surface area (Å²) in [7, 11) is 1.64. The minimum atomic E-state index is -0.976. The number of benzene rings is 4. The fourth-order valence-electron chi connectivity index (χ4n) is 3.89. The number of carbonyl (C=O) groups is 1. The highest BCUT2D eigenvalue weighted by Gasteiger charge is 2.15. The van der Waals surface area contributed by atoms with Gasteiger partial charge in [0.1, 0.15) is 18.1 Å². The summed E-state index contributed by atoms with van der Waals surface area (Å²) in [5.41, 5.74) is 4.06. The molecule has 0 fully saturated rings. The number of halogens is 2. The zero-order valence-corrected chi connectivity index (χ0v) is 20.6. The summed E-state index contributed by atoms with van der Waals surface area (Å²) in [6, 6.07) is 25.7. The van der Waals surface area contributed by atoms with Crippen LogP contribution in [0.3, 0.4) is 0 Å². The van der Waals surface area contributed by atoms with E-state index in [1.54, 1.807) is 49.6 Å². The van der Waals surface area contributed by atoms with E-state index in [9.17, 15) is 4.79 Å². The zero-order valence-electron chi connectivity index (χ0n) is 19.1. The van der Waals surface area contributed by atoms with Gasteiger partial charge in [-0.3, -0.25) is 0 Å². The molecule has 0 radical (unpaired) electrons. The Morgan fingerprint density at radius 2 is 1.56 bits per heavy atom. The number of hydrogen-bond acceptors (Lipinski definition) is 4. The van der Waals surface area contributed by atoms with Crippen LogP contribution in [0, 0.1) is 0 Å².